The molecule has 0 unspecified atom stereocenters. The number of hydrogen-bond donors (Lipinski definition) is 1. The van der Waals surface area contributed by atoms with Crippen molar-refractivity contribution in [3.63, 3.8) is 0 Å². The minimum Gasteiger partial charge on any atom is -0.490 e. The lowest BCUT2D eigenvalue weighted by Crippen LogP contribution is -2.12. The van der Waals surface area contributed by atoms with Crippen LogP contribution in [0.1, 0.15) is 25.8 Å². The molecule has 1 rings (SSSR count). The van der Waals surface area contributed by atoms with E-state index in [1.807, 2.05) is 24.8 Å². The van der Waals surface area contributed by atoms with E-state index in [4.69, 9.17) is 9.47 Å². The van der Waals surface area contributed by atoms with Crippen molar-refractivity contribution in [2.75, 3.05) is 31.8 Å². The highest BCUT2D eigenvalue weighted by molar-refractivity contribution is 7.98. The third-order valence-electron chi connectivity index (χ3n) is 2.64. The van der Waals surface area contributed by atoms with Crippen LogP contribution in [-0.4, -0.2) is 31.8 Å². The highest BCUT2D eigenvalue weighted by Crippen LogP contribution is 2.28. The molecule has 0 amide bonds. The normalized spacial score (nSPS) is 10.5. The van der Waals surface area contributed by atoms with E-state index < -0.39 is 0 Å². The number of ether oxygens (including phenoxy) is 2. The monoisotopic (exact) mass is 283 g/mol. The molecule has 1 aromatic carbocycles. The van der Waals surface area contributed by atoms with E-state index in [2.05, 4.69) is 30.6 Å². The molecule has 3 nitrogen and oxygen atoms in total. The van der Waals surface area contributed by atoms with Crippen molar-refractivity contribution in [2.45, 2.75) is 26.8 Å². The number of benzene rings is 1. The average molecular weight is 283 g/mol. The zero-order valence-corrected chi connectivity index (χ0v) is 13.0. The van der Waals surface area contributed by atoms with Crippen molar-refractivity contribution >= 4 is 11.8 Å². The topological polar surface area (TPSA) is 30.5 Å². The van der Waals surface area contributed by atoms with Crippen molar-refractivity contribution in [3.8, 4) is 11.5 Å². The molecule has 0 bridgehead atoms. The van der Waals surface area contributed by atoms with Gasteiger partial charge in [-0.3, -0.25) is 0 Å². The second-order valence-corrected chi connectivity index (χ2v) is 5.17. The Hall–Kier alpha value is -0.870. The van der Waals surface area contributed by atoms with E-state index in [1.54, 1.807) is 0 Å². The number of thioether (sulfide) groups is 1. The predicted octanol–water partition coefficient (Wildman–Crippen LogP) is 3.33. The third-order valence-corrected chi connectivity index (χ3v) is 3.33. The molecule has 0 aliphatic rings. The van der Waals surface area contributed by atoms with Crippen LogP contribution in [0.4, 0.5) is 0 Å². The molecule has 0 aliphatic heterocycles. The van der Waals surface area contributed by atoms with Crippen LogP contribution in [0.15, 0.2) is 18.2 Å². The molecule has 0 saturated carbocycles. The maximum Gasteiger partial charge on any atom is 0.161 e. The van der Waals surface area contributed by atoms with Crippen molar-refractivity contribution in [1.82, 2.24) is 5.32 Å². The highest BCUT2D eigenvalue weighted by atomic mass is 32.2. The quantitative estimate of drug-likeness (QED) is 0.667. The fourth-order valence-corrected chi connectivity index (χ4v) is 2.11. The molecule has 0 heterocycles. The minimum atomic E-state index is 0.659. The van der Waals surface area contributed by atoms with Crippen LogP contribution in [0.2, 0.25) is 0 Å². The maximum atomic E-state index is 5.79. The molecule has 0 aromatic heterocycles. The first-order chi connectivity index (χ1) is 9.31. The van der Waals surface area contributed by atoms with E-state index in [9.17, 15) is 0 Å². The first-order valence-corrected chi connectivity index (χ1v) is 8.29. The Bertz CT molecular complexity index is 358. The summed E-state index contributed by atoms with van der Waals surface area (Å²) in [7, 11) is 0. The van der Waals surface area contributed by atoms with Gasteiger partial charge in [-0.2, -0.15) is 11.8 Å². The summed E-state index contributed by atoms with van der Waals surface area (Å²) in [4.78, 5) is 0. The van der Waals surface area contributed by atoms with Gasteiger partial charge in [0.2, 0.25) is 0 Å². The fraction of sp³-hybridized carbons (Fsp3) is 0.600. The van der Waals surface area contributed by atoms with Crippen LogP contribution in [0, 0.1) is 0 Å². The Labute approximate surface area is 121 Å². The van der Waals surface area contributed by atoms with Crippen molar-refractivity contribution in [1.29, 1.82) is 0 Å². The van der Waals surface area contributed by atoms with Gasteiger partial charge in [0, 0.05) is 6.54 Å². The summed E-state index contributed by atoms with van der Waals surface area (Å²) in [6.45, 7) is 7.33. The largest absolute Gasteiger partial charge is 0.490 e. The molecular weight excluding hydrogens is 258 g/mol. The Kier molecular flexibility index (Phi) is 8.50. The Balaban J connectivity index is 2.62. The summed E-state index contributed by atoms with van der Waals surface area (Å²) in [5, 5.41) is 3.31. The molecule has 0 radical (unpaired) electrons. The second kappa shape index (κ2) is 9.98. The van der Waals surface area contributed by atoms with Gasteiger partial charge in [-0.25, -0.2) is 0 Å². The van der Waals surface area contributed by atoms with Crippen molar-refractivity contribution < 1.29 is 9.47 Å². The molecule has 19 heavy (non-hydrogen) atoms. The van der Waals surface area contributed by atoms with Gasteiger partial charge < -0.3 is 14.8 Å². The van der Waals surface area contributed by atoms with Crippen molar-refractivity contribution in [2.24, 2.45) is 0 Å². The molecule has 108 valence electrons. The molecule has 0 fully saturated rings. The highest BCUT2D eigenvalue weighted by Gasteiger charge is 2.06. The Morgan fingerprint density at radius 3 is 2.68 bits per heavy atom. The lowest BCUT2D eigenvalue weighted by molar-refractivity contribution is 0.277. The molecule has 0 aliphatic carbocycles. The van der Waals surface area contributed by atoms with Gasteiger partial charge in [-0.05, 0) is 49.6 Å². The summed E-state index contributed by atoms with van der Waals surface area (Å²) >= 11 is 1.84. The number of nitrogens with one attached hydrogen (secondary N) is 1. The van der Waals surface area contributed by atoms with Crippen molar-refractivity contribution in [3.05, 3.63) is 23.8 Å². The van der Waals surface area contributed by atoms with Crippen LogP contribution in [0.3, 0.4) is 0 Å². The van der Waals surface area contributed by atoms with Gasteiger partial charge in [0.05, 0.1) is 13.2 Å². The Morgan fingerprint density at radius 2 is 2.00 bits per heavy atom. The van der Waals surface area contributed by atoms with E-state index >= 15 is 0 Å². The van der Waals surface area contributed by atoms with Crippen LogP contribution >= 0.6 is 11.8 Å². The molecular formula is C15H25NO2S. The molecule has 4 heteroatoms. The predicted molar refractivity (Wildman–Crippen MR) is 83.5 cm³/mol. The maximum absolute atomic E-state index is 5.79. The first-order valence-electron chi connectivity index (χ1n) is 6.90. The van der Waals surface area contributed by atoms with Gasteiger partial charge in [-0.1, -0.05) is 13.0 Å². The van der Waals surface area contributed by atoms with Gasteiger partial charge >= 0.3 is 0 Å². The summed E-state index contributed by atoms with van der Waals surface area (Å²) in [6, 6.07) is 6.17. The van der Waals surface area contributed by atoms with Crippen LogP contribution in [0.25, 0.3) is 0 Å². The standard InChI is InChI=1S/C15H25NO2S/c1-4-16-12-13-7-8-14(15(11-13)17-5-2)18-9-6-10-19-3/h7-8,11,16H,4-6,9-10,12H2,1-3H3. The Morgan fingerprint density at radius 1 is 1.16 bits per heavy atom. The van der Waals surface area contributed by atoms with Gasteiger partial charge in [0.1, 0.15) is 0 Å². The first kappa shape index (κ1) is 16.2. The number of hydrogen-bond acceptors (Lipinski definition) is 4. The van der Waals surface area contributed by atoms with E-state index in [-0.39, 0.29) is 0 Å². The lowest BCUT2D eigenvalue weighted by Gasteiger charge is -2.13. The van der Waals surface area contributed by atoms with Gasteiger partial charge in [0.25, 0.3) is 0 Å². The molecule has 1 N–H and O–H groups in total. The minimum absolute atomic E-state index is 0.659. The second-order valence-electron chi connectivity index (χ2n) is 4.19. The van der Waals surface area contributed by atoms with Gasteiger partial charge in [0.15, 0.2) is 11.5 Å². The zero-order valence-electron chi connectivity index (χ0n) is 12.2. The summed E-state index contributed by atoms with van der Waals surface area (Å²) < 4.78 is 11.4. The molecule has 0 saturated heterocycles. The number of rotatable bonds is 10. The molecule has 0 atom stereocenters. The van der Waals surface area contributed by atoms with E-state index in [1.165, 1.54) is 5.56 Å². The molecule has 0 spiro atoms. The summed E-state index contributed by atoms with van der Waals surface area (Å²) in [5.74, 6) is 2.83. The fourth-order valence-electron chi connectivity index (χ4n) is 1.70. The van der Waals surface area contributed by atoms with Crippen LogP contribution in [-0.2, 0) is 6.54 Å². The zero-order chi connectivity index (χ0) is 13.9. The SMILES string of the molecule is CCNCc1ccc(OCCCSC)c(OCC)c1. The summed E-state index contributed by atoms with van der Waals surface area (Å²) in [6.07, 6.45) is 3.17. The van der Waals surface area contributed by atoms with Gasteiger partial charge in [-0.15, -0.1) is 0 Å². The third kappa shape index (κ3) is 6.21. The smallest absolute Gasteiger partial charge is 0.161 e. The van der Waals surface area contributed by atoms with E-state index in [0.717, 1.165) is 43.4 Å². The average Bonchev–Trinajstić information content (AvgIpc) is 2.43. The molecule has 1 aromatic rings. The summed E-state index contributed by atoms with van der Waals surface area (Å²) in [5.41, 5.74) is 1.22. The van der Waals surface area contributed by atoms with E-state index in [0.29, 0.717) is 6.61 Å². The van der Waals surface area contributed by atoms with Crippen LogP contribution in [0.5, 0.6) is 11.5 Å². The lowest BCUT2D eigenvalue weighted by atomic mass is 10.2. The van der Waals surface area contributed by atoms with Crippen LogP contribution < -0.4 is 14.8 Å².